The highest BCUT2D eigenvalue weighted by molar-refractivity contribution is 6.23. The molecule has 0 aromatic heterocycles. The summed E-state index contributed by atoms with van der Waals surface area (Å²) < 4.78 is 51.6. The minimum atomic E-state index is -4.88. The molecule has 0 radical (unpaired) electrons. The molecule has 35 heavy (non-hydrogen) atoms. The summed E-state index contributed by atoms with van der Waals surface area (Å²) in [6.07, 6.45) is -5.98. The van der Waals surface area contributed by atoms with Crippen molar-refractivity contribution in [2.75, 3.05) is 12.0 Å². The number of hydrogen-bond donors (Lipinski definition) is 0. The Morgan fingerprint density at radius 2 is 1.77 bits per heavy atom. The van der Waals surface area contributed by atoms with Crippen LogP contribution >= 0.6 is 0 Å². The number of imide groups is 1. The van der Waals surface area contributed by atoms with Crippen LogP contribution in [0.25, 0.3) is 0 Å². The number of nitriles is 1. The van der Waals surface area contributed by atoms with Crippen molar-refractivity contribution in [2.24, 2.45) is 22.9 Å². The number of carbonyl (C=O) groups excluding carboxylic acids is 3. The summed E-state index contributed by atoms with van der Waals surface area (Å²) in [6, 6.07) is 4.07. The van der Waals surface area contributed by atoms with Crippen molar-refractivity contribution in [1.82, 2.24) is 0 Å². The number of fused-ring (bicyclic) bond motifs is 5. The van der Waals surface area contributed by atoms with E-state index >= 15 is 0 Å². The van der Waals surface area contributed by atoms with E-state index in [1.54, 1.807) is 13.8 Å². The summed E-state index contributed by atoms with van der Waals surface area (Å²) >= 11 is 0. The Balaban J connectivity index is 1.83. The zero-order valence-corrected chi connectivity index (χ0v) is 19.5. The fourth-order valence-corrected chi connectivity index (χ4v) is 5.62. The maximum Gasteiger partial charge on any atom is 0.417 e. The molecule has 0 N–H and O–H groups in total. The van der Waals surface area contributed by atoms with Crippen LogP contribution in [0.1, 0.15) is 38.8 Å². The van der Waals surface area contributed by atoms with Gasteiger partial charge in [-0.05, 0) is 45.9 Å². The molecule has 2 bridgehead atoms. The quantitative estimate of drug-likeness (QED) is 0.274. The van der Waals surface area contributed by atoms with Gasteiger partial charge in [-0.1, -0.05) is 5.16 Å². The van der Waals surface area contributed by atoms with Crippen LogP contribution in [-0.2, 0) is 34.9 Å². The lowest BCUT2D eigenvalue weighted by atomic mass is 9.62. The number of methoxy groups -OCH3 is 1. The van der Waals surface area contributed by atoms with E-state index in [1.165, 1.54) is 19.9 Å². The Hall–Kier alpha value is -3.46. The summed E-state index contributed by atoms with van der Waals surface area (Å²) in [5.41, 5.74) is -4.77. The summed E-state index contributed by atoms with van der Waals surface area (Å²) in [4.78, 5) is 46.1. The molecule has 4 rings (SSSR count). The van der Waals surface area contributed by atoms with Crippen molar-refractivity contribution >= 4 is 29.2 Å². The van der Waals surface area contributed by atoms with Crippen LogP contribution in [0.5, 0.6) is 0 Å². The van der Waals surface area contributed by atoms with E-state index in [-0.39, 0.29) is 5.69 Å². The molecule has 0 saturated carbocycles. The molecule has 3 aliphatic rings. The minimum absolute atomic E-state index is 0.332. The van der Waals surface area contributed by atoms with Gasteiger partial charge in [0.2, 0.25) is 11.8 Å². The van der Waals surface area contributed by atoms with Crippen molar-refractivity contribution in [3.8, 4) is 6.07 Å². The number of esters is 1. The van der Waals surface area contributed by atoms with E-state index in [9.17, 15) is 27.6 Å². The second-order valence-electron chi connectivity index (χ2n) is 9.34. The molecular formula is C23H22F3N3O6. The first kappa shape index (κ1) is 24.7. The molecule has 12 heteroatoms. The van der Waals surface area contributed by atoms with Gasteiger partial charge in [0.05, 0.1) is 53.1 Å². The number of hydrogen-bond acceptors (Lipinski definition) is 8. The average Bonchev–Trinajstić information content (AvgIpc) is 3.29. The number of benzene rings is 1. The number of anilines is 1. The molecule has 2 unspecified atom stereocenters. The first-order valence-electron chi connectivity index (χ1n) is 10.7. The number of oxime groups is 1. The number of rotatable bonds is 4. The fourth-order valence-electron chi connectivity index (χ4n) is 5.62. The summed E-state index contributed by atoms with van der Waals surface area (Å²) in [7, 11) is 1.16. The number of amides is 2. The topological polar surface area (TPSA) is 118 Å². The molecule has 0 aliphatic carbocycles. The number of nitrogens with zero attached hydrogens (tertiary/aromatic N) is 3. The van der Waals surface area contributed by atoms with Gasteiger partial charge in [0.25, 0.3) is 0 Å². The zero-order valence-electron chi connectivity index (χ0n) is 19.5. The molecule has 3 fully saturated rings. The molecule has 0 spiro atoms. The van der Waals surface area contributed by atoms with E-state index in [0.717, 1.165) is 19.2 Å². The van der Waals surface area contributed by atoms with E-state index in [4.69, 9.17) is 19.6 Å². The third kappa shape index (κ3) is 3.32. The Morgan fingerprint density at radius 3 is 2.29 bits per heavy atom. The lowest BCUT2D eigenvalue weighted by Crippen LogP contribution is -2.57. The SMILES string of the molecule is COC(=O)[C@@H]1[C@@H](ON=C(C)C)C2(C)OC1(C)[C@@H]1C(=O)N(c3ccc(C#N)c(C(F)(F)F)c3)C(=O)[C@@H]12. The minimum Gasteiger partial charge on any atom is -0.469 e. The Bertz CT molecular complexity index is 1200. The predicted molar refractivity (Wildman–Crippen MR) is 113 cm³/mol. The molecule has 3 saturated heterocycles. The summed E-state index contributed by atoms with van der Waals surface area (Å²) in [6.45, 7) is 6.31. The lowest BCUT2D eigenvalue weighted by Gasteiger charge is -2.38. The van der Waals surface area contributed by atoms with Gasteiger partial charge < -0.3 is 14.3 Å². The first-order valence-corrected chi connectivity index (χ1v) is 10.7. The third-order valence-corrected chi connectivity index (χ3v) is 6.96. The normalized spacial score (nSPS) is 33.4. The maximum absolute atomic E-state index is 13.6. The third-order valence-electron chi connectivity index (χ3n) is 6.96. The second-order valence-corrected chi connectivity index (χ2v) is 9.34. The Labute approximate surface area is 198 Å². The van der Waals surface area contributed by atoms with Gasteiger partial charge in [0.1, 0.15) is 11.5 Å². The highest BCUT2D eigenvalue weighted by Crippen LogP contribution is 2.64. The van der Waals surface area contributed by atoms with Crippen LogP contribution < -0.4 is 4.90 Å². The number of alkyl halides is 3. The van der Waals surface area contributed by atoms with Crippen molar-refractivity contribution in [1.29, 1.82) is 5.26 Å². The average molecular weight is 493 g/mol. The van der Waals surface area contributed by atoms with E-state index in [1.807, 2.05) is 0 Å². The van der Waals surface area contributed by atoms with E-state index < -0.39 is 70.1 Å². The van der Waals surface area contributed by atoms with E-state index in [0.29, 0.717) is 16.7 Å². The van der Waals surface area contributed by atoms with Crippen LogP contribution in [0.2, 0.25) is 0 Å². The number of carbonyl (C=O) groups is 3. The van der Waals surface area contributed by atoms with Crippen LogP contribution in [-0.4, -0.2) is 47.9 Å². The standard InChI is InChI=1S/C23H22F3N3O6/c1-10(2)28-34-17-16(20(32)33-5)21(3)14-15(22(17,4)35-21)19(31)29(18(14)30)12-7-6-11(9-27)13(8-12)23(24,25)26/h6-8,14-17H,1-5H3/t14-,15+,16-,17+,21?,22?/m0/s1. The van der Waals surface area contributed by atoms with Crippen molar-refractivity contribution in [3.05, 3.63) is 29.3 Å². The van der Waals surface area contributed by atoms with Gasteiger partial charge in [0.15, 0.2) is 6.10 Å². The van der Waals surface area contributed by atoms with Crippen LogP contribution in [0.3, 0.4) is 0 Å². The van der Waals surface area contributed by atoms with Crippen LogP contribution in [0.15, 0.2) is 23.4 Å². The molecule has 3 aliphatic heterocycles. The number of halogens is 3. The maximum atomic E-state index is 13.6. The molecule has 6 atom stereocenters. The highest BCUT2D eigenvalue weighted by Gasteiger charge is 2.82. The van der Waals surface area contributed by atoms with Crippen molar-refractivity contribution < 1.29 is 41.9 Å². The van der Waals surface area contributed by atoms with E-state index in [2.05, 4.69) is 5.16 Å². The summed E-state index contributed by atoms with van der Waals surface area (Å²) in [5, 5.41) is 13.0. The smallest absolute Gasteiger partial charge is 0.417 e. The number of ether oxygens (including phenoxy) is 2. The van der Waals surface area contributed by atoms with Crippen molar-refractivity contribution in [2.45, 2.75) is 51.2 Å². The lowest BCUT2D eigenvalue weighted by molar-refractivity contribution is -0.160. The molecule has 2 amide bonds. The molecular weight excluding hydrogens is 471 g/mol. The zero-order chi connectivity index (χ0) is 26.1. The van der Waals surface area contributed by atoms with Gasteiger partial charge in [-0.15, -0.1) is 0 Å². The monoisotopic (exact) mass is 493 g/mol. The molecule has 186 valence electrons. The Kier molecular flexibility index (Phi) is 5.48. The van der Waals surface area contributed by atoms with Gasteiger partial charge in [0, 0.05) is 0 Å². The molecule has 3 heterocycles. The van der Waals surface area contributed by atoms with Gasteiger partial charge >= 0.3 is 12.1 Å². The highest BCUT2D eigenvalue weighted by atomic mass is 19.4. The van der Waals surface area contributed by atoms with Crippen LogP contribution in [0, 0.1) is 29.1 Å². The summed E-state index contributed by atoms with van der Waals surface area (Å²) in [5.74, 6) is -5.81. The molecule has 1 aromatic carbocycles. The second kappa shape index (κ2) is 7.78. The fraction of sp³-hybridized carbons (Fsp3) is 0.522. The van der Waals surface area contributed by atoms with Gasteiger partial charge in [-0.2, -0.15) is 18.4 Å². The van der Waals surface area contributed by atoms with Gasteiger partial charge in [-0.3, -0.25) is 14.4 Å². The largest absolute Gasteiger partial charge is 0.469 e. The predicted octanol–water partition coefficient (Wildman–Crippen LogP) is 2.81. The molecule has 9 nitrogen and oxygen atoms in total. The first-order chi connectivity index (χ1) is 16.2. The van der Waals surface area contributed by atoms with Gasteiger partial charge in [-0.25, -0.2) is 4.90 Å². The molecule has 1 aromatic rings. The van der Waals surface area contributed by atoms with Crippen molar-refractivity contribution in [3.63, 3.8) is 0 Å². The van der Waals surface area contributed by atoms with Crippen LogP contribution in [0.4, 0.5) is 18.9 Å². The Morgan fingerprint density at radius 1 is 1.17 bits per heavy atom.